The molecule has 0 saturated carbocycles. The van der Waals surface area contributed by atoms with Crippen LogP contribution in [0.25, 0.3) is 0 Å². The first-order valence-corrected chi connectivity index (χ1v) is 10.3. The van der Waals surface area contributed by atoms with Crippen LogP contribution in [0, 0.1) is 6.92 Å². The molecule has 148 valence electrons. The number of imide groups is 1. The van der Waals surface area contributed by atoms with Gasteiger partial charge < -0.3 is 5.32 Å². The first kappa shape index (κ1) is 19.1. The fourth-order valence-corrected chi connectivity index (χ4v) is 3.81. The van der Waals surface area contributed by atoms with E-state index in [4.69, 9.17) is 0 Å². The second-order valence-electron chi connectivity index (χ2n) is 6.82. The van der Waals surface area contributed by atoms with Gasteiger partial charge in [-0.3, -0.25) is 19.4 Å². The summed E-state index contributed by atoms with van der Waals surface area (Å²) < 4.78 is 0. The average molecular weight is 409 g/mol. The number of anilines is 2. The zero-order chi connectivity index (χ0) is 20.5. The lowest BCUT2D eigenvalue weighted by Gasteiger charge is -2.20. The van der Waals surface area contributed by atoms with E-state index in [2.05, 4.69) is 15.7 Å². The quantitative estimate of drug-likeness (QED) is 0.605. The van der Waals surface area contributed by atoms with Gasteiger partial charge in [0.1, 0.15) is 6.54 Å². The van der Waals surface area contributed by atoms with Gasteiger partial charge in [-0.1, -0.05) is 29.0 Å². The fourth-order valence-electron chi connectivity index (χ4n) is 3.35. The SMILES string of the molecule is CSc1cccc(NC(=O)CN2N=N[C@@H]3C(=O)N(c4ccc(C)cc4)C(=O)[C@@H]32)c1. The summed E-state index contributed by atoms with van der Waals surface area (Å²) in [6.07, 6.45) is 1.95. The number of nitrogens with zero attached hydrogens (tertiary/aromatic N) is 4. The van der Waals surface area contributed by atoms with Gasteiger partial charge in [-0.05, 0) is 43.5 Å². The number of hydrogen-bond acceptors (Lipinski definition) is 7. The molecule has 3 amide bonds. The van der Waals surface area contributed by atoms with Gasteiger partial charge in [-0.2, -0.15) is 5.11 Å². The highest BCUT2D eigenvalue weighted by atomic mass is 32.2. The minimum atomic E-state index is -0.920. The van der Waals surface area contributed by atoms with Crippen LogP contribution in [0.1, 0.15) is 5.56 Å². The highest BCUT2D eigenvalue weighted by Gasteiger charge is 2.55. The molecule has 2 aliphatic rings. The summed E-state index contributed by atoms with van der Waals surface area (Å²) in [7, 11) is 0. The van der Waals surface area contributed by atoms with Gasteiger partial charge in [-0.15, -0.1) is 11.8 Å². The number of carbonyl (C=O) groups is 3. The van der Waals surface area contributed by atoms with E-state index >= 15 is 0 Å². The number of amides is 3. The van der Waals surface area contributed by atoms with Crippen LogP contribution in [0.5, 0.6) is 0 Å². The molecule has 0 radical (unpaired) electrons. The third-order valence-corrected chi connectivity index (χ3v) is 5.53. The van der Waals surface area contributed by atoms with E-state index in [-0.39, 0.29) is 12.5 Å². The van der Waals surface area contributed by atoms with Crippen LogP contribution in [0.2, 0.25) is 0 Å². The van der Waals surface area contributed by atoms with Crippen molar-refractivity contribution in [3.8, 4) is 0 Å². The lowest BCUT2D eigenvalue weighted by Crippen LogP contribution is -2.43. The van der Waals surface area contributed by atoms with E-state index < -0.39 is 23.9 Å². The number of aryl methyl sites for hydroxylation is 1. The van der Waals surface area contributed by atoms with Crippen LogP contribution in [0.15, 0.2) is 63.8 Å². The van der Waals surface area contributed by atoms with Crippen molar-refractivity contribution < 1.29 is 14.4 Å². The molecule has 0 aromatic heterocycles. The Labute approximate surface area is 171 Å². The third-order valence-electron chi connectivity index (χ3n) is 4.81. The van der Waals surface area contributed by atoms with Gasteiger partial charge in [0.15, 0.2) is 12.1 Å². The van der Waals surface area contributed by atoms with E-state index in [0.29, 0.717) is 11.4 Å². The summed E-state index contributed by atoms with van der Waals surface area (Å²) >= 11 is 1.57. The lowest BCUT2D eigenvalue weighted by atomic mass is 10.1. The second-order valence-corrected chi connectivity index (χ2v) is 7.70. The number of rotatable bonds is 5. The molecule has 2 heterocycles. The number of benzene rings is 2. The standard InChI is InChI=1S/C20H19N5O3S/c1-12-6-8-14(9-7-12)25-19(27)17-18(20(25)28)24(23-22-17)11-16(26)21-13-4-3-5-15(10-13)29-2/h3-10,17-18H,11H2,1-2H3,(H,21,26)/t17-,18+/m0/s1. The second kappa shape index (κ2) is 7.67. The molecule has 1 N–H and O–H groups in total. The molecular weight excluding hydrogens is 390 g/mol. The summed E-state index contributed by atoms with van der Waals surface area (Å²) in [4.78, 5) is 40.2. The van der Waals surface area contributed by atoms with Crippen LogP contribution in [0.4, 0.5) is 11.4 Å². The van der Waals surface area contributed by atoms with Crippen molar-refractivity contribution in [3.05, 3.63) is 54.1 Å². The Morgan fingerprint density at radius 3 is 2.62 bits per heavy atom. The molecule has 4 rings (SSSR count). The van der Waals surface area contributed by atoms with Crippen molar-refractivity contribution in [1.82, 2.24) is 5.01 Å². The van der Waals surface area contributed by atoms with Gasteiger partial charge in [0, 0.05) is 10.6 Å². The minimum absolute atomic E-state index is 0.172. The Kier molecular flexibility index (Phi) is 5.06. The van der Waals surface area contributed by atoms with Crippen molar-refractivity contribution in [1.29, 1.82) is 0 Å². The monoisotopic (exact) mass is 409 g/mol. The Bertz CT molecular complexity index is 1010. The molecule has 2 aliphatic heterocycles. The van der Waals surface area contributed by atoms with Crippen LogP contribution in [-0.2, 0) is 14.4 Å². The molecule has 2 atom stereocenters. The molecule has 0 aliphatic carbocycles. The van der Waals surface area contributed by atoms with Crippen molar-refractivity contribution in [2.75, 3.05) is 23.0 Å². The third kappa shape index (κ3) is 3.61. The predicted molar refractivity (Wildman–Crippen MR) is 110 cm³/mol. The van der Waals surface area contributed by atoms with E-state index in [1.165, 1.54) is 5.01 Å². The van der Waals surface area contributed by atoms with Crippen molar-refractivity contribution in [3.63, 3.8) is 0 Å². The Morgan fingerprint density at radius 1 is 1.14 bits per heavy atom. The van der Waals surface area contributed by atoms with E-state index in [1.54, 1.807) is 30.0 Å². The van der Waals surface area contributed by atoms with Crippen LogP contribution >= 0.6 is 11.8 Å². The van der Waals surface area contributed by atoms with E-state index in [0.717, 1.165) is 15.4 Å². The van der Waals surface area contributed by atoms with Gasteiger partial charge >= 0.3 is 0 Å². The molecule has 0 bridgehead atoms. The van der Waals surface area contributed by atoms with Crippen molar-refractivity contribution in [2.45, 2.75) is 23.9 Å². The maximum Gasteiger partial charge on any atom is 0.263 e. The largest absolute Gasteiger partial charge is 0.324 e. The topological polar surface area (TPSA) is 94.4 Å². The summed E-state index contributed by atoms with van der Waals surface area (Å²) in [5.74, 6) is -1.19. The Morgan fingerprint density at radius 2 is 1.90 bits per heavy atom. The zero-order valence-electron chi connectivity index (χ0n) is 15.9. The lowest BCUT2D eigenvalue weighted by molar-refractivity contribution is -0.123. The summed E-state index contributed by atoms with van der Waals surface area (Å²) in [6.45, 7) is 1.75. The van der Waals surface area contributed by atoms with Crippen LogP contribution in [0.3, 0.4) is 0 Å². The number of fused-ring (bicyclic) bond motifs is 1. The Balaban J connectivity index is 1.47. The molecule has 29 heavy (non-hydrogen) atoms. The maximum absolute atomic E-state index is 12.9. The van der Waals surface area contributed by atoms with Crippen LogP contribution < -0.4 is 10.2 Å². The highest BCUT2D eigenvalue weighted by molar-refractivity contribution is 7.98. The minimum Gasteiger partial charge on any atom is -0.324 e. The first-order valence-electron chi connectivity index (χ1n) is 9.04. The molecule has 2 aromatic carbocycles. The highest BCUT2D eigenvalue weighted by Crippen LogP contribution is 2.31. The maximum atomic E-state index is 12.9. The summed E-state index contributed by atoms with van der Waals surface area (Å²) in [6, 6.07) is 12.7. The van der Waals surface area contributed by atoms with Crippen LogP contribution in [-0.4, -0.2) is 47.6 Å². The Hall–Kier alpha value is -3.20. The smallest absolute Gasteiger partial charge is 0.263 e. The van der Waals surface area contributed by atoms with E-state index in [9.17, 15) is 14.4 Å². The summed E-state index contributed by atoms with van der Waals surface area (Å²) in [5, 5.41) is 11.9. The number of thioether (sulfide) groups is 1. The molecule has 9 heteroatoms. The molecule has 0 spiro atoms. The van der Waals surface area contributed by atoms with Crippen molar-refractivity contribution >= 4 is 40.9 Å². The predicted octanol–water partition coefficient (Wildman–Crippen LogP) is 2.65. The number of carbonyl (C=O) groups excluding carboxylic acids is 3. The van der Waals surface area contributed by atoms with Gasteiger partial charge in [0.25, 0.3) is 11.8 Å². The van der Waals surface area contributed by atoms with E-state index in [1.807, 2.05) is 43.5 Å². The molecule has 2 aromatic rings. The normalized spacial score (nSPS) is 20.3. The number of nitrogens with one attached hydrogen (secondary N) is 1. The van der Waals surface area contributed by atoms with Gasteiger partial charge in [0.05, 0.1) is 5.69 Å². The molecule has 8 nitrogen and oxygen atoms in total. The fraction of sp³-hybridized carbons (Fsp3) is 0.250. The summed E-state index contributed by atoms with van der Waals surface area (Å²) in [5.41, 5.74) is 2.18. The first-order chi connectivity index (χ1) is 14.0. The van der Waals surface area contributed by atoms with Gasteiger partial charge in [0.2, 0.25) is 5.91 Å². The number of hydrogen-bond donors (Lipinski definition) is 1. The average Bonchev–Trinajstić information content (AvgIpc) is 3.23. The van der Waals surface area contributed by atoms with Crippen molar-refractivity contribution in [2.24, 2.45) is 10.3 Å². The molecule has 1 fully saturated rings. The molecule has 0 unspecified atom stereocenters. The van der Waals surface area contributed by atoms with Gasteiger partial charge in [-0.25, -0.2) is 4.90 Å². The zero-order valence-corrected chi connectivity index (χ0v) is 16.7. The molecule has 1 saturated heterocycles. The molecular formula is C20H19N5O3S.